The highest BCUT2D eigenvalue weighted by Gasteiger charge is 2.25. The molecule has 0 saturated carbocycles. The number of hydrogen-bond donors (Lipinski definition) is 1. The maximum Gasteiger partial charge on any atom is 0.262 e. The lowest BCUT2D eigenvalue weighted by Crippen LogP contribution is -2.32. The van der Waals surface area contributed by atoms with Gasteiger partial charge in [-0.1, -0.05) is 31.0 Å². The van der Waals surface area contributed by atoms with Crippen LogP contribution in [0.25, 0.3) is 0 Å². The van der Waals surface area contributed by atoms with E-state index in [-0.39, 0.29) is 11.5 Å². The van der Waals surface area contributed by atoms with E-state index in [4.69, 9.17) is 4.74 Å². The molecular weight excluding hydrogens is 392 g/mol. The fraction of sp³-hybridized carbons (Fsp3) is 0.333. The lowest BCUT2D eigenvalue weighted by atomic mass is 10.2. The van der Waals surface area contributed by atoms with Gasteiger partial charge in [0, 0.05) is 18.8 Å². The molecule has 7 nitrogen and oxygen atoms in total. The van der Waals surface area contributed by atoms with Gasteiger partial charge in [-0.25, -0.2) is 8.42 Å². The number of nitrogens with one attached hydrogen (secondary N) is 1. The summed E-state index contributed by atoms with van der Waals surface area (Å²) in [6, 6.07) is 12.8. The molecule has 1 fully saturated rings. The average Bonchev–Trinajstić information content (AvgIpc) is 3.03. The van der Waals surface area contributed by atoms with Crippen LogP contribution in [0.4, 0.5) is 5.69 Å². The average molecular weight is 416 g/mol. The molecule has 2 aromatic rings. The number of carbonyl (C=O) groups is 2. The first-order valence-corrected chi connectivity index (χ1v) is 11.0. The SMILES string of the molecule is O=Cc1ccccc1OCC(=O)Nc1cccc(S(=O)(=O)N2CCCCCC2)c1. The quantitative estimate of drug-likeness (QED) is 0.700. The Bertz CT molecular complexity index is 967. The fourth-order valence-electron chi connectivity index (χ4n) is 3.22. The van der Waals surface area contributed by atoms with E-state index in [0.29, 0.717) is 36.4 Å². The molecule has 3 rings (SSSR count). The van der Waals surface area contributed by atoms with Crippen molar-refractivity contribution < 1.29 is 22.7 Å². The van der Waals surface area contributed by atoms with E-state index < -0.39 is 15.9 Å². The molecule has 1 aliphatic heterocycles. The molecule has 0 unspecified atom stereocenters. The molecule has 1 aliphatic rings. The predicted molar refractivity (Wildman–Crippen MR) is 110 cm³/mol. The molecule has 0 atom stereocenters. The molecule has 0 spiro atoms. The summed E-state index contributed by atoms with van der Waals surface area (Å²) in [5.74, 6) is -0.134. The van der Waals surface area contributed by atoms with Crippen LogP contribution >= 0.6 is 0 Å². The van der Waals surface area contributed by atoms with Crippen LogP contribution in [0.5, 0.6) is 5.75 Å². The van der Waals surface area contributed by atoms with Gasteiger partial charge in [-0.15, -0.1) is 0 Å². The van der Waals surface area contributed by atoms with Gasteiger partial charge in [0.1, 0.15) is 5.75 Å². The molecule has 1 amide bonds. The first-order valence-electron chi connectivity index (χ1n) is 9.58. The Morgan fingerprint density at radius 3 is 2.48 bits per heavy atom. The molecule has 0 aromatic heterocycles. The third kappa shape index (κ3) is 5.42. The lowest BCUT2D eigenvalue weighted by Gasteiger charge is -2.20. The second-order valence-corrected chi connectivity index (χ2v) is 8.78. The molecule has 8 heteroatoms. The number of sulfonamides is 1. The van der Waals surface area contributed by atoms with Gasteiger partial charge in [0.25, 0.3) is 5.91 Å². The number of para-hydroxylation sites is 1. The number of anilines is 1. The highest BCUT2D eigenvalue weighted by molar-refractivity contribution is 7.89. The van der Waals surface area contributed by atoms with E-state index in [1.54, 1.807) is 36.4 Å². The zero-order valence-electron chi connectivity index (χ0n) is 16.0. The fourth-order valence-corrected chi connectivity index (χ4v) is 4.78. The van der Waals surface area contributed by atoms with Crippen molar-refractivity contribution in [2.45, 2.75) is 30.6 Å². The summed E-state index contributed by atoms with van der Waals surface area (Å²) in [6.45, 7) is 0.736. The molecule has 2 aromatic carbocycles. The van der Waals surface area contributed by atoms with Gasteiger partial charge in [-0.2, -0.15) is 4.31 Å². The molecule has 1 heterocycles. The third-order valence-electron chi connectivity index (χ3n) is 4.73. The minimum absolute atomic E-state index is 0.157. The molecular formula is C21H24N2O5S. The Morgan fingerprint density at radius 1 is 1.03 bits per heavy atom. The van der Waals surface area contributed by atoms with Gasteiger partial charge in [0.2, 0.25) is 10.0 Å². The Hall–Kier alpha value is -2.71. The normalized spacial score (nSPS) is 15.3. The number of ether oxygens (including phenoxy) is 1. The number of hydrogen-bond acceptors (Lipinski definition) is 5. The van der Waals surface area contributed by atoms with Crippen molar-refractivity contribution >= 4 is 27.9 Å². The van der Waals surface area contributed by atoms with Crippen LogP contribution in [-0.4, -0.2) is 44.6 Å². The highest BCUT2D eigenvalue weighted by Crippen LogP contribution is 2.23. The van der Waals surface area contributed by atoms with E-state index in [9.17, 15) is 18.0 Å². The summed E-state index contributed by atoms with van der Waals surface area (Å²) in [6.07, 6.45) is 4.44. The maximum absolute atomic E-state index is 12.9. The van der Waals surface area contributed by atoms with Crippen LogP contribution in [0.2, 0.25) is 0 Å². The van der Waals surface area contributed by atoms with Crippen LogP contribution in [0.3, 0.4) is 0 Å². The zero-order chi connectivity index (χ0) is 20.7. The predicted octanol–water partition coefficient (Wildman–Crippen LogP) is 3.08. The standard InChI is InChI=1S/C21H24N2O5S/c24-15-17-8-3-4-11-20(17)28-16-21(25)22-18-9-7-10-19(14-18)29(26,27)23-12-5-1-2-6-13-23/h3-4,7-11,14-15H,1-2,5-6,12-13,16H2,(H,22,25). The van der Waals surface area contributed by atoms with Crippen LogP contribution in [0, 0.1) is 0 Å². The minimum Gasteiger partial charge on any atom is -0.483 e. The number of rotatable bonds is 7. The molecule has 1 saturated heterocycles. The smallest absolute Gasteiger partial charge is 0.262 e. The number of carbonyl (C=O) groups excluding carboxylic acids is 2. The monoisotopic (exact) mass is 416 g/mol. The summed E-state index contributed by atoms with van der Waals surface area (Å²) < 4.78 is 32.7. The first-order chi connectivity index (χ1) is 14.0. The van der Waals surface area contributed by atoms with E-state index in [1.165, 1.54) is 16.4 Å². The lowest BCUT2D eigenvalue weighted by molar-refractivity contribution is -0.118. The van der Waals surface area contributed by atoms with E-state index in [2.05, 4.69) is 5.32 Å². The molecule has 0 radical (unpaired) electrons. The van der Waals surface area contributed by atoms with Crippen LogP contribution in [0.1, 0.15) is 36.0 Å². The Kier molecular flexibility index (Phi) is 7.00. The van der Waals surface area contributed by atoms with E-state index in [1.807, 2.05) is 0 Å². The third-order valence-corrected chi connectivity index (χ3v) is 6.62. The van der Waals surface area contributed by atoms with Crippen LogP contribution < -0.4 is 10.1 Å². The number of benzene rings is 2. The van der Waals surface area contributed by atoms with Crippen molar-refractivity contribution in [3.8, 4) is 5.75 Å². The van der Waals surface area contributed by atoms with E-state index in [0.717, 1.165) is 25.7 Å². The number of aldehydes is 1. The number of amides is 1. The Morgan fingerprint density at radius 2 is 1.76 bits per heavy atom. The second-order valence-electron chi connectivity index (χ2n) is 6.84. The molecule has 154 valence electrons. The van der Waals surface area contributed by atoms with Crippen molar-refractivity contribution in [1.82, 2.24) is 4.31 Å². The summed E-state index contributed by atoms with van der Waals surface area (Å²) in [5.41, 5.74) is 0.726. The number of nitrogens with zero attached hydrogens (tertiary/aromatic N) is 1. The highest BCUT2D eigenvalue weighted by atomic mass is 32.2. The van der Waals surface area contributed by atoms with Gasteiger partial charge in [0.05, 0.1) is 10.5 Å². The summed E-state index contributed by atoms with van der Waals surface area (Å²) in [4.78, 5) is 23.4. The van der Waals surface area contributed by atoms with Crippen molar-refractivity contribution in [2.75, 3.05) is 25.0 Å². The summed E-state index contributed by atoms with van der Waals surface area (Å²) in [7, 11) is -3.60. The van der Waals surface area contributed by atoms with Gasteiger partial charge in [-0.3, -0.25) is 9.59 Å². The van der Waals surface area contributed by atoms with Crippen molar-refractivity contribution in [1.29, 1.82) is 0 Å². The van der Waals surface area contributed by atoms with Crippen LogP contribution in [-0.2, 0) is 14.8 Å². The minimum atomic E-state index is -3.60. The maximum atomic E-state index is 12.9. The van der Waals surface area contributed by atoms with Gasteiger partial charge >= 0.3 is 0 Å². The topological polar surface area (TPSA) is 92.8 Å². The second kappa shape index (κ2) is 9.67. The molecule has 0 bridgehead atoms. The van der Waals surface area contributed by atoms with Crippen molar-refractivity contribution in [3.05, 3.63) is 54.1 Å². The molecule has 29 heavy (non-hydrogen) atoms. The Labute approximate surface area is 170 Å². The zero-order valence-corrected chi connectivity index (χ0v) is 16.9. The van der Waals surface area contributed by atoms with Gasteiger partial charge in [-0.05, 0) is 43.2 Å². The summed E-state index contributed by atoms with van der Waals surface area (Å²) in [5, 5.41) is 2.64. The van der Waals surface area contributed by atoms with Gasteiger partial charge < -0.3 is 10.1 Å². The summed E-state index contributed by atoms with van der Waals surface area (Å²) >= 11 is 0. The first kappa shape index (κ1) is 21.0. The molecule has 1 N–H and O–H groups in total. The molecule has 0 aliphatic carbocycles. The van der Waals surface area contributed by atoms with Crippen molar-refractivity contribution in [3.63, 3.8) is 0 Å². The largest absolute Gasteiger partial charge is 0.483 e. The van der Waals surface area contributed by atoms with Crippen LogP contribution in [0.15, 0.2) is 53.4 Å². The Balaban J connectivity index is 1.66. The van der Waals surface area contributed by atoms with Crippen molar-refractivity contribution in [2.24, 2.45) is 0 Å². The van der Waals surface area contributed by atoms with Gasteiger partial charge in [0.15, 0.2) is 12.9 Å². The van der Waals surface area contributed by atoms with E-state index >= 15 is 0 Å².